The Balaban J connectivity index is 1.11. The minimum absolute atomic E-state index is 0.0181. The van der Waals surface area contributed by atoms with Crippen molar-refractivity contribution >= 4 is 78.7 Å². The fourth-order valence-electron chi connectivity index (χ4n) is 8.04. The third-order valence-corrected chi connectivity index (χ3v) is 14.0. The van der Waals surface area contributed by atoms with Crippen LogP contribution in [0, 0.1) is 45.3 Å². The van der Waals surface area contributed by atoms with Crippen molar-refractivity contribution in [3.63, 3.8) is 0 Å². The number of nitriles is 4. The van der Waals surface area contributed by atoms with Gasteiger partial charge in [-0.1, -0.05) is 19.3 Å². The van der Waals surface area contributed by atoms with Gasteiger partial charge >= 0.3 is 0 Å². The molecule has 240 valence electrons. The number of fused-ring (bicyclic) bond motifs is 9. The molecule has 4 aliphatic rings. The van der Waals surface area contributed by atoms with Gasteiger partial charge in [0.2, 0.25) is 0 Å². The number of ketones is 4. The summed E-state index contributed by atoms with van der Waals surface area (Å²) in [7, 11) is 0. The van der Waals surface area contributed by atoms with Crippen molar-refractivity contribution in [3.05, 3.63) is 113 Å². The summed E-state index contributed by atoms with van der Waals surface area (Å²) in [6, 6.07) is 17.2. The fourth-order valence-corrected chi connectivity index (χ4v) is 12.2. The molecule has 5 aromatic rings. The largest absolute Gasteiger partial charge is 0.288 e. The van der Waals surface area contributed by atoms with Crippen LogP contribution in [0.5, 0.6) is 0 Å². The Hall–Kier alpha value is -6.08. The van der Waals surface area contributed by atoms with Crippen LogP contribution in [0.2, 0.25) is 0 Å². The molecule has 0 amide bonds. The molecule has 3 heterocycles. The number of thiophene rings is 3. The standard InChI is InChI=1S/C40H18N4O4S3/c41-14-18-6-24-25(7-19(18)15-42)34(46)28(33(24)45)10-22-12-30-37(49-22)39-32(40(30)4-2-1-3-5-40)38-31(51-39)13-23(50-38)11-29-35(47)26-8-20(16-43)21(17-44)9-27(26)36(29)48/h6-13H,1-5H2. The molecule has 2 aromatic carbocycles. The monoisotopic (exact) mass is 714 g/mol. The number of rotatable bonds is 2. The summed E-state index contributed by atoms with van der Waals surface area (Å²) in [5.74, 6) is -1.81. The maximum absolute atomic E-state index is 13.4. The molecule has 1 saturated carbocycles. The SMILES string of the molecule is N#Cc1cc2c(cc1C#N)C(=O)C(=Cc1cc3c(s1)-c1sc4cc(C=C5C(=O)c6cc(C#N)c(C#N)cc6C5=O)sc4c1C31CCCCC1)C2=O. The summed E-state index contributed by atoms with van der Waals surface area (Å²) >= 11 is 4.76. The molecule has 0 aliphatic heterocycles. The van der Waals surface area contributed by atoms with E-state index in [1.54, 1.807) is 46.2 Å². The van der Waals surface area contributed by atoms with Gasteiger partial charge in [0.15, 0.2) is 23.1 Å². The zero-order valence-electron chi connectivity index (χ0n) is 26.3. The summed E-state index contributed by atoms with van der Waals surface area (Å²) in [6.45, 7) is 0. The van der Waals surface area contributed by atoms with E-state index in [2.05, 4.69) is 6.07 Å². The van der Waals surface area contributed by atoms with Gasteiger partial charge in [-0.05, 0) is 67.0 Å². The number of carbonyl (C=O) groups excluding carboxylic acids is 4. The third kappa shape index (κ3) is 4.18. The topological polar surface area (TPSA) is 163 Å². The van der Waals surface area contributed by atoms with Crippen LogP contribution in [-0.4, -0.2) is 23.1 Å². The van der Waals surface area contributed by atoms with Crippen molar-refractivity contribution in [2.75, 3.05) is 0 Å². The summed E-state index contributed by atoms with van der Waals surface area (Å²) in [5, 5.41) is 37.8. The van der Waals surface area contributed by atoms with Crippen molar-refractivity contribution in [2.24, 2.45) is 0 Å². The second-order valence-electron chi connectivity index (χ2n) is 12.9. The summed E-state index contributed by atoms with van der Waals surface area (Å²) in [5.41, 5.74) is 3.09. The average Bonchev–Trinajstić information content (AvgIpc) is 3.96. The molecule has 1 fully saturated rings. The van der Waals surface area contributed by atoms with Crippen LogP contribution < -0.4 is 0 Å². The Morgan fingerprint density at radius 2 is 1.00 bits per heavy atom. The van der Waals surface area contributed by atoms with E-state index >= 15 is 0 Å². The molecule has 8 nitrogen and oxygen atoms in total. The van der Waals surface area contributed by atoms with Crippen LogP contribution in [0.4, 0.5) is 0 Å². The van der Waals surface area contributed by atoms with E-state index in [9.17, 15) is 40.2 Å². The second kappa shape index (κ2) is 11.0. The summed E-state index contributed by atoms with van der Waals surface area (Å²) in [6.07, 6.45) is 8.41. The highest BCUT2D eigenvalue weighted by Gasteiger charge is 2.48. The van der Waals surface area contributed by atoms with E-state index in [0.717, 1.165) is 56.1 Å². The first-order chi connectivity index (χ1) is 24.7. The van der Waals surface area contributed by atoms with E-state index in [4.69, 9.17) is 0 Å². The van der Waals surface area contributed by atoms with E-state index in [1.807, 2.05) is 30.3 Å². The molecular formula is C40H18N4O4S3. The van der Waals surface area contributed by atoms with E-state index in [0.29, 0.717) is 0 Å². The highest BCUT2D eigenvalue weighted by molar-refractivity contribution is 7.32. The molecule has 9 rings (SSSR count). The van der Waals surface area contributed by atoms with Crippen molar-refractivity contribution < 1.29 is 19.2 Å². The van der Waals surface area contributed by atoms with Crippen LogP contribution >= 0.6 is 34.0 Å². The van der Waals surface area contributed by atoms with Gasteiger partial charge in [0.25, 0.3) is 0 Å². The van der Waals surface area contributed by atoms with E-state index in [-0.39, 0.29) is 61.1 Å². The molecule has 1 spiro atoms. The molecule has 0 atom stereocenters. The van der Waals surface area contributed by atoms with Gasteiger partial charge in [0.1, 0.15) is 24.3 Å². The Bertz CT molecular complexity index is 2700. The third-order valence-electron chi connectivity index (χ3n) is 10.4. The number of hydrogen-bond donors (Lipinski definition) is 0. The van der Waals surface area contributed by atoms with Crippen LogP contribution in [0.25, 0.3) is 31.3 Å². The van der Waals surface area contributed by atoms with Gasteiger partial charge in [0, 0.05) is 52.6 Å². The lowest BCUT2D eigenvalue weighted by molar-refractivity contribution is 0.0975. The maximum Gasteiger partial charge on any atom is 0.197 e. The first-order valence-electron chi connectivity index (χ1n) is 16.0. The fraction of sp³-hybridized carbons (Fsp3) is 0.150. The predicted octanol–water partition coefficient (Wildman–Crippen LogP) is 8.67. The lowest BCUT2D eigenvalue weighted by atomic mass is 9.68. The smallest absolute Gasteiger partial charge is 0.197 e. The lowest BCUT2D eigenvalue weighted by Gasteiger charge is -2.35. The van der Waals surface area contributed by atoms with Gasteiger partial charge in [-0.15, -0.1) is 34.0 Å². The Morgan fingerprint density at radius 1 is 0.549 bits per heavy atom. The number of carbonyl (C=O) groups is 4. The highest BCUT2D eigenvalue weighted by atomic mass is 32.1. The Morgan fingerprint density at radius 3 is 1.45 bits per heavy atom. The molecule has 3 aromatic heterocycles. The molecule has 4 aliphatic carbocycles. The Kier molecular flexibility index (Phi) is 6.65. The van der Waals surface area contributed by atoms with Crippen LogP contribution in [-0.2, 0) is 5.41 Å². The van der Waals surface area contributed by atoms with E-state index in [1.165, 1.54) is 40.3 Å². The molecule has 51 heavy (non-hydrogen) atoms. The van der Waals surface area contributed by atoms with Gasteiger partial charge in [-0.2, -0.15) is 21.0 Å². The lowest BCUT2D eigenvalue weighted by Crippen LogP contribution is -2.27. The molecule has 11 heteroatoms. The second-order valence-corrected chi connectivity index (χ2v) is 16.2. The van der Waals surface area contributed by atoms with Crippen molar-refractivity contribution in [3.8, 4) is 34.0 Å². The first-order valence-corrected chi connectivity index (χ1v) is 18.5. The minimum Gasteiger partial charge on any atom is -0.288 e. The maximum atomic E-state index is 13.4. The number of nitrogens with zero attached hydrogens (tertiary/aromatic N) is 4. The normalized spacial score (nSPS) is 16.4. The zero-order chi connectivity index (χ0) is 35.3. The molecule has 0 saturated heterocycles. The number of allylic oxidation sites excluding steroid dienone is 2. The van der Waals surface area contributed by atoms with Crippen molar-refractivity contribution in [2.45, 2.75) is 37.5 Å². The van der Waals surface area contributed by atoms with Crippen molar-refractivity contribution in [1.82, 2.24) is 0 Å². The predicted molar refractivity (Wildman–Crippen MR) is 192 cm³/mol. The molecule has 0 unspecified atom stereocenters. The van der Waals surface area contributed by atoms with E-state index < -0.39 is 23.1 Å². The Labute approximate surface area is 302 Å². The highest BCUT2D eigenvalue weighted by Crippen LogP contribution is 2.64. The van der Waals surface area contributed by atoms with Gasteiger partial charge < -0.3 is 0 Å². The molecule has 0 bridgehead atoms. The van der Waals surface area contributed by atoms with Crippen molar-refractivity contribution in [1.29, 1.82) is 21.0 Å². The molecule has 0 radical (unpaired) electrons. The number of Topliss-reactive ketones (excluding diaryl/α,β-unsaturated/α-hetero) is 4. The van der Waals surface area contributed by atoms with Gasteiger partial charge in [0.05, 0.1) is 43.0 Å². The summed E-state index contributed by atoms with van der Waals surface area (Å²) in [4.78, 5) is 57.4. The first kappa shape index (κ1) is 30.9. The number of hydrogen-bond acceptors (Lipinski definition) is 11. The van der Waals surface area contributed by atoms with Crippen LogP contribution in [0.1, 0.15) is 117 Å². The molecule has 0 N–H and O–H groups in total. The zero-order valence-corrected chi connectivity index (χ0v) is 28.8. The van der Waals surface area contributed by atoms with Gasteiger partial charge in [-0.25, -0.2) is 0 Å². The van der Waals surface area contributed by atoms with Crippen LogP contribution in [0.15, 0.2) is 47.5 Å². The van der Waals surface area contributed by atoms with Gasteiger partial charge in [-0.3, -0.25) is 19.2 Å². The number of benzene rings is 2. The minimum atomic E-state index is -0.455. The average molecular weight is 715 g/mol. The van der Waals surface area contributed by atoms with Crippen LogP contribution in [0.3, 0.4) is 0 Å². The summed E-state index contributed by atoms with van der Waals surface area (Å²) < 4.78 is 2.17. The quantitative estimate of drug-likeness (QED) is 0.129. The molecular weight excluding hydrogens is 697 g/mol.